The first-order valence-corrected chi connectivity index (χ1v) is 8.28. The van der Waals surface area contributed by atoms with E-state index in [2.05, 4.69) is 5.16 Å². The van der Waals surface area contributed by atoms with E-state index in [-0.39, 0.29) is 23.4 Å². The Kier molecular flexibility index (Phi) is 4.10. The van der Waals surface area contributed by atoms with E-state index in [9.17, 15) is 8.42 Å². The predicted molar refractivity (Wildman–Crippen MR) is 79.4 cm³/mol. The fourth-order valence-electron chi connectivity index (χ4n) is 2.31. The minimum atomic E-state index is -2.97. The summed E-state index contributed by atoms with van der Waals surface area (Å²) < 4.78 is 23.2. The normalized spacial score (nSPS) is 22.8. The molecular weight excluding hydrogens is 302 g/mol. The van der Waals surface area contributed by atoms with Crippen molar-refractivity contribution in [3.8, 4) is 0 Å². The van der Waals surface area contributed by atoms with E-state index in [0.29, 0.717) is 17.1 Å². The Hall–Kier alpha value is -1.47. The molecule has 6 nitrogen and oxygen atoms in total. The minimum Gasteiger partial charge on any atom is -0.409 e. The molecule has 1 unspecified atom stereocenters. The summed E-state index contributed by atoms with van der Waals surface area (Å²) in [6.45, 7) is 2.26. The van der Waals surface area contributed by atoms with Crippen molar-refractivity contribution in [3.63, 3.8) is 0 Å². The lowest BCUT2D eigenvalue weighted by atomic mass is 10.1. The zero-order valence-electron chi connectivity index (χ0n) is 11.0. The zero-order valence-corrected chi connectivity index (χ0v) is 12.5. The van der Waals surface area contributed by atoms with Gasteiger partial charge in [0.25, 0.3) is 0 Å². The molecule has 1 fully saturated rings. The standard InChI is InChI=1S/C12H16ClN3O3S/c1-8-7-20(18,19)5-4-16(8)11-3-2-9(6-10(11)13)12(14)15-17/h2-3,6,8,17H,4-5,7H2,1H3,(H2,14,15). The number of nitrogens with two attached hydrogens (primary N) is 1. The van der Waals surface area contributed by atoms with E-state index >= 15 is 0 Å². The second-order valence-corrected chi connectivity index (χ2v) is 7.44. The van der Waals surface area contributed by atoms with Gasteiger partial charge in [-0.1, -0.05) is 16.8 Å². The summed E-state index contributed by atoms with van der Waals surface area (Å²) in [7, 11) is -2.97. The molecule has 8 heteroatoms. The summed E-state index contributed by atoms with van der Waals surface area (Å²) in [5.74, 6) is 0.216. The van der Waals surface area contributed by atoms with Crippen molar-refractivity contribution in [2.45, 2.75) is 13.0 Å². The lowest BCUT2D eigenvalue weighted by molar-refractivity contribution is 0.318. The van der Waals surface area contributed by atoms with Crippen LogP contribution in [0.3, 0.4) is 0 Å². The molecule has 3 N–H and O–H groups in total. The van der Waals surface area contributed by atoms with Crippen LogP contribution in [0.1, 0.15) is 12.5 Å². The van der Waals surface area contributed by atoms with E-state index in [1.165, 1.54) is 0 Å². The predicted octanol–water partition coefficient (Wildman–Crippen LogP) is 1.06. The maximum absolute atomic E-state index is 11.6. The molecule has 0 spiro atoms. The molecular formula is C12H16ClN3O3S. The van der Waals surface area contributed by atoms with Crippen LogP contribution in [0.25, 0.3) is 0 Å². The fraction of sp³-hybridized carbons (Fsp3) is 0.417. The van der Waals surface area contributed by atoms with Crippen molar-refractivity contribution in [2.24, 2.45) is 10.9 Å². The summed E-state index contributed by atoms with van der Waals surface area (Å²) in [5, 5.41) is 12.0. The van der Waals surface area contributed by atoms with Gasteiger partial charge in [-0.3, -0.25) is 0 Å². The Bertz CT molecular complexity index is 645. The molecule has 1 atom stereocenters. The first-order chi connectivity index (χ1) is 9.34. The minimum absolute atomic E-state index is 0.0206. The maximum atomic E-state index is 11.6. The summed E-state index contributed by atoms with van der Waals surface area (Å²) in [5.41, 5.74) is 6.77. The van der Waals surface area contributed by atoms with Gasteiger partial charge in [0, 0.05) is 18.2 Å². The smallest absolute Gasteiger partial charge is 0.170 e. The summed E-state index contributed by atoms with van der Waals surface area (Å²) in [6.07, 6.45) is 0. The number of amidine groups is 1. The van der Waals surface area contributed by atoms with Crippen molar-refractivity contribution < 1.29 is 13.6 Å². The third-order valence-electron chi connectivity index (χ3n) is 3.33. The average molecular weight is 318 g/mol. The molecule has 0 radical (unpaired) electrons. The Morgan fingerprint density at radius 3 is 2.80 bits per heavy atom. The van der Waals surface area contributed by atoms with Gasteiger partial charge in [0.1, 0.15) is 0 Å². The van der Waals surface area contributed by atoms with Crippen LogP contribution in [0.5, 0.6) is 0 Å². The van der Waals surface area contributed by atoms with Crippen molar-refractivity contribution in [1.29, 1.82) is 0 Å². The highest BCUT2D eigenvalue weighted by molar-refractivity contribution is 7.91. The van der Waals surface area contributed by atoms with Gasteiger partial charge in [0.05, 0.1) is 22.2 Å². The van der Waals surface area contributed by atoms with Gasteiger partial charge in [-0.05, 0) is 25.1 Å². The highest BCUT2D eigenvalue weighted by atomic mass is 35.5. The molecule has 1 aromatic carbocycles. The first kappa shape index (κ1) is 14.9. The van der Waals surface area contributed by atoms with Gasteiger partial charge in [0.15, 0.2) is 15.7 Å². The molecule has 0 aliphatic carbocycles. The van der Waals surface area contributed by atoms with Crippen LogP contribution in [0.4, 0.5) is 5.69 Å². The Morgan fingerprint density at radius 1 is 1.55 bits per heavy atom. The first-order valence-electron chi connectivity index (χ1n) is 6.08. The van der Waals surface area contributed by atoms with Gasteiger partial charge in [-0.25, -0.2) is 8.42 Å². The Balaban J connectivity index is 2.30. The van der Waals surface area contributed by atoms with E-state index < -0.39 is 9.84 Å². The number of halogens is 1. The van der Waals surface area contributed by atoms with Crippen molar-refractivity contribution in [1.82, 2.24) is 0 Å². The van der Waals surface area contributed by atoms with Crippen LogP contribution < -0.4 is 10.6 Å². The zero-order chi connectivity index (χ0) is 14.9. The Morgan fingerprint density at radius 2 is 2.25 bits per heavy atom. The molecule has 1 aromatic rings. The number of anilines is 1. The molecule has 1 aliphatic heterocycles. The fourth-order valence-corrected chi connectivity index (χ4v) is 4.16. The molecule has 0 amide bonds. The monoisotopic (exact) mass is 317 g/mol. The van der Waals surface area contributed by atoms with Gasteiger partial charge in [-0.15, -0.1) is 0 Å². The third kappa shape index (κ3) is 2.99. The second-order valence-electron chi connectivity index (χ2n) is 4.81. The van der Waals surface area contributed by atoms with Crippen LogP contribution in [-0.4, -0.2) is 43.6 Å². The van der Waals surface area contributed by atoms with Crippen LogP contribution in [0.2, 0.25) is 5.02 Å². The van der Waals surface area contributed by atoms with Gasteiger partial charge >= 0.3 is 0 Å². The van der Waals surface area contributed by atoms with Crippen LogP contribution in [0.15, 0.2) is 23.4 Å². The number of sulfone groups is 1. The van der Waals surface area contributed by atoms with Crippen LogP contribution >= 0.6 is 11.6 Å². The van der Waals surface area contributed by atoms with Crippen molar-refractivity contribution in [2.75, 3.05) is 23.0 Å². The molecule has 0 aromatic heterocycles. The summed E-state index contributed by atoms with van der Waals surface area (Å²) in [4.78, 5) is 1.96. The molecule has 0 bridgehead atoms. The lowest BCUT2D eigenvalue weighted by Crippen LogP contribution is -2.47. The molecule has 1 aliphatic rings. The van der Waals surface area contributed by atoms with Crippen LogP contribution in [0, 0.1) is 0 Å². The molecule has 1 heterocycles. The summed E-state index contributed by atoms with van der Waals surface area (Å²) >= 11 is 6.22. The average Bonchev–Trinajstić information content (AvgIpc) is 2.38. The second kappa shape index (κ2) is 5.49. The number of nitrogens with zero attached hydrogens (tertiary/aromatic N) is 2. The molecule has 20 heavy (non-hydrogen) atoms. The van der Waals surface area contributed by atoms with Gasteiger partial charge in [0.2, 0.25) is 0 Å². The molecule has 1 saturated heterocycles. The lowest BCUT2D eigenvalue weighted by Gasteiger charge is -2.35. The number of rotatable bonds is 2. The van der Waals surface area contributed by atoms with Crippen LogP contribution in [-0.2, 0) is 9.84 Å². The number of oxime groups is 1. The number of benzene rings is 1. The largest absolute Gasteiger partial charge is 0.409 e. The van der Waals surface area contributed by atoms with Gasteiger partial charge in [-0.2, -0.15) is 0 Å². The third-order valence-corrected chi connectivity index (χ3v) is 5.43. The van der Waals surface area contributed by atoms with E-state index in [4.69, 9.17) is 22.5 Å². The molecule has 110 valence electrons. The quantitative estimate of drug-likeness (QED) is 0.368. The van der Waals surface area contributed by atoms with Gasteiger partial charge < -0.3 is 15.8 Å². The van der Waals surface area contributed by atoms with Crippen molar-refractivity contribution in [3.05, 3.63) is 28.8 Å². The topological polar surface area (TPSA) is 96.0 Å². The van der Waals surface area contributed by atoms with Crippen molar-refractivity contribution >= 4 is 33.0 Å². The molecule has 2 rings (SSSR count). The van der Waals surface area contributed by atoms with E-state index in [1.54, 1.807) is 18.2 Å². The highest BCUT2D eigenvalue weighted by Crippen LogP contribution is 2.30. The number of hydrogen-bond donors (Lipinski definition) is 2. The SMILES string of the molecule is CC1CS(=O)(=O)CCN1c1ccc(/C(N)=N/O)cc1Cl. The number of hydrogen-bond acceptors (Lipinski definition) is 5. The molecule has 0 saturated carbocycles. The van der Waals surface area contributed by atoms with E-state index in [1.807, 2.05) is 11.8 Å². The van der Waals surface area contributed by atoms with E-state index in [0.717, 1.165) is 5.69 Å². The summed E-state index contributed by atoms with van der Waals surface area (Å²) in [6, 6.07) is 4.90. The Labute approximate surface area is 122 Å². The maximum Gasteiger partial charge on any atom is 0.170 e. The highest BCUT2D eigenvalue weighted by Gasteiger charge is 2.29.